The molecule has 10 heteroatoms. The van der Waals surface area contributed by atoms with Gasteiger partial charge in [0.25, 0.3) is 0 Å². The lowest BCUT2D eigenvalue weighted by Gasteiger charge is -2.31. The molecule has 1 saturated carbocycles. The van der Waals surface area contributed by atoms with E-state index in [0.717, 1.165) is 6.08 Å². The lowest BCUT2D eigenvalue weighted by molar-refractivity contribution is -0.133. The molecule has 0 aromatic rings. The van der Waals surface area contributed by atoms with Gasteiger partial charge in [-0.05, 0) is 18.9 Å². The molecule has 130 valence electrons. The van der Waals surface area contributed by atoms with Crippen LogP contribution >= 0.6 is 0 Å². The normalized spacial score (nSPS) is 24.0. The maximum Gasteiger partial charge on any atom is 0.353 e. The molecule has 0 spiro atoms. The minimum atomic E-state index is -4.21. The van der Waals surface area contributed by atoms with E-state index in [-0.39, 0.29) is 44.5 Å². The predicted octanol–water partition coefficient (Wildman–Crippen LogP) is 1.43. The van der Waals surface area contributed by atoms with Crippen molar-refractivity contribution in [2.24, 2.45) is 10.3 Å². The third-order valence-corrected chi connectivity index (χ3v) is 5.28. The first-order chi connectivity index (χ1) is 10.7. The average molecular weight is 352 g/mol. The Morgan fingerprint density at radius 1 is 1.48 bits per heavy atom. The van der Waals surface area contributed by atoms with Crippen LogP contribution in [-0.2, 0) is 19.7 Å². The van der Waals surface area contributed by atoms with E-state index >= 15 is 0 Å². The predicted molar refractivity (Wildman–Crippen MR) is 77.6 cm³/mol. The minimum absolute atomic E-state index is 0.00432. The van der Waals surface area contributed by atoms with Gasteiger partial charge in [-0.2, -0.15) is 8.42 Å². The van der Waals surface area contributed by atoms with Gasteiger partial charge < -0.3 is 9.84 Å². The molecule has 0 amide bonds. The Balaban J connectivity index is 2.29. The SMILES string of the molecule is COCCN1C(C(=O)O)=CC(C2CCC(F)(F)CC2)=NS1(=O)=O. The van der Waals surface area contributed by atoms with Gasteiger partial charge in [-0.3, -0.25) is 0 Å². The van der Waals surface area contributed by atoms with Crippen molar-refractivity contribution in [3.8, 4) is 0 Å². The molecule has 1 fully saturated rings. The number of alkyl halides is 2. The van der Waals surface area contributed by atoms with Crippen LogP contribution in [0.1, 0.15) is 25.7 Å². The van der Waals surface area contributed by atoms with Crippen LogP contribution in [0.3, 0.4) is 0 Å². The molecule has 1 aliphatic carbocycles. The summed E-state index contributed by atoms with van der Waals surface area (Å²) in [4.78, 5) is 11.4. The number of nitrogens with zero attached hydrogens (tertiary/aromatic N) is 2. The van der Waals surface area contributed by atoms with Gasteiger partial charge >= 0.3 is 16.2 Å². The molecule has 1 aliphatic heterocycles. The van der Waals surface area contributed by atoms with E-state index in [0.29, 0.717) is 4.31 Å². The first kappa shape index (κ1) is 17.8. The number of methoxy groups -OCH3 is 1. The Morgan fingerprint density at radius 2 is 2.09 bits per heavy atom. The van der Waals surface area contributed by atoms with E-state index in [1.54, 1.807) is 0 Å². The highest BCUT2D eigenvalue weighted by Crippen LogP contribution is 2.38. The maximum absolute atomic E-state index is 13.2. The molecular weight excluding hydrogens is 334 g/mol. The number of ether oxygens (including phenoxy) is 1. The van der Waals surface area contributed by atoms with Crippen molar-refractivity contribution in [1.29, 1.82) is 0 Å². The number of hydrogen-bond donors (Lipinski definition) is 1. The lowest BCUT2D eigenvalue weighted by Crippen LogP contribution is -2.40. The summed E-state index contributed by atoms with van der Waals surface area (Å²) in [5.74, 6) is -4.66. The first-order valence-corrected chi connectivity index (χ1v) is 8.50. The third kappa shape index (κ3) is 4.05. The fourth-order valence-electron chi connectivity index (χ4n) is 2.65. The van der Waals surface area contributed by atoms with E-state index in [4.69, 9.17) is 4.74 Å². The van der Waals surface area contributed by atoms with Crippen molar-refractivity contribution >= 4 is 21.9 Å². The van der Waals surface area contributed by atoms with Crippen LogP contribution in [0, 0.1) is 5.92 Å². The molecule has 0 radical (unpaired) electrons. The number of aliphatic carboxylic acids is 1. The second kappa shape index (κ2) is 6.52. The van der Waals surface area contributed by atoms with Crippen LogP contribution < -0.4 is 0 Å². The van der Waals surface area contributed by atoms with Crippen LogP contribution in [0.4, 0.5) is 8.78 Å². The number of carbonyl (C=O) groups is 1. The summed E-state index contributed by atoms with van der Waals surface area (Å²) in [6, 6.07) is 0. The van der Waals surface area contributed by atoms with Crippen molar-refractivity contribution in [3.05, 3.63) is 11.8 Å². The minimum Gasteiger partial charge on any atom is -0.477 e. The highest BCUT2D eigenvalue weighted by Gasteiger charge is 2.39. The van der Waals surface area contributed by atoms with Gasteiger partial charge in [0.05, 0.1) is 18.9 Å². The van der Waals surface area contributed by atoms with Gasteiger partial charge in [0.2, 0.25) is 5.92 Å². The van der Waals surface area contributed by atoms with Crippen LogP contribution in [0.25, 0.3) is 0 Å². The number of hydrogen-bond acceptors (Lipinski definition) is 4. The average Bonchev–Trinajstić information content (AvgIpc) is 2.44. The summed E-state index contributed by atoms with van der Waals surface area (Å²) in [5, 5.41) is 9.25. The number of carboxylic acids is 1. The second-order valence-electron chi connectivity index (χ2n) is 5.52. The summed E-state index contributed by atoms with van der Waals surface area (Å²) < 4.78 is 59.9. The summed E-state index contributed by atoms with van der Waals surface area (Å²) in [5.41, 5.74) is -0.407. The van der Waals surface area contributed by atoms with E-state index in [1.807, 2.05) is 0 Å². The number of allylic oxidation sites excluding steroid dienone is 1. The molecule has 23 heavy (non-hydrogen) atoms. The molecule has 0 aromatic carbocycles. The Kier molecular flexibility index (Phi) is 5.04. The molecule has 0 bridgehead atoms. The molecule has 7 nitrogen and oxygen atoms in total. The monoisotopic (exact) mass is 352 g/mol. The van der Waals surface area contributed by atoms with Gasteiger partial charge in [-0.15, -0.1) is 4.40 Å². The Labute approximate surface area is 132 Å². The van der Waals surface area contributed by atoms with Crippen molar-refractivity contribution < 1.29 is 31.8 Å². The van der Waals surface area contributed by atoms with Gasteiger partial charge in [0.1, 0.15) is 5.70 Å². The molecule has 0 atom stereocenters. The second-order valence-corrected chi connectivity index (χ2v) is 7.04. The lowest BCUT2D eigenvalue weighted by atomic mass is 9.83. The summed E-state index contributed by atoms with van der Waals surface area (Å²) >= 11 is 0. The third-order valence-electron chi connectivity index (χ3n) is 3.91. The van der Waals surface area contributed by atoms with Crippen LogP contribution in [0.2, 0.25) is 0 Å². The van der Waals surface area contributed by atoms with Gasteiger partial charge in [-0.1, -0.05) is 0 Å². The van der Waals surface area contributed by atoms with E-state index < -0.39 is 33.7 Å². The van der Waals surface area contributed by atoms with Crippen molar-refractivity contribution in [2.75, 3.05) is 20.3 Å². The molecule has 1 heterocycles. The summed E-state index contributed by atoms with van der Waals surface area (Å²) in [7, 11) is -2.85. The molecule has 2 aliphatic rings. The summed E-state index contributed by atoms with van der Waals surface area (Å²) in [6.07, 6.45) is 0.583. The Bertz CT molecular complexity index is 635. The van der Waals surface area contributed by atoms with Crippen molar-refractivity contribution in [2.45, 2.75) is 31.6 Å². The zero-order chi connectivity index (χ0) is 17.3. The molecule has 0 aromatic heterocycles. The van der Waals surface area contributed by atoms with Gasteiger partial charge in [0.15, 0.2) is 0 Å². The molecule has 0 unspecified atom stereocenters. The van der Waals surface area contributed by atoms with Crippen molar-refractivity contribution in [1.82, 2.24) is 4.31 Å². The fraction of sp³-hybridized carbons (Fsp3) is 0.692. The molecule has 2 rings (SSSR count). The molecule has 0 saturated heterocycles. The number of rotatable bonds is 5. The summed E-state index contributed by atoms with van der Waals surface area (Å²) in [6.45, 7) is -0.180. The van der Waals surface area contributed by atoms with Crippen molar-refractivity contribution in [3.63, 3.8) is 0 Å². The van der Waals surface area contributed by atoms with Gasteiger partial charge in [0, 0.05) is 25.9 Å². The highest BCUT2D eigenvalue weighted by atomic mass is 32.2. The topological polar surface area (TPSA) is 96.3 Å². The van der Waals surface area contributed by atoms with E-state index in [2.05, 4.69) is 4.40 Å². The number of halogens is 2. The Hall–Kier alpha value is -1.55. The Morgan fingerprint density at radius 3 is 2.61 bits per heavy atom. The van der Waals surface area contributed by atoms with Crippen LogP contribution in [0.15, 0.2) is 16.2 Å². The first-order valence-electron chi connectivity index (χ1n) is 7.10. The zero-order valence-corrected chi connectivity index (χ0v) is 13.4. The molecule has 1 N–H and O–H groups in total. The molecular formula is C13H18F2N2O5S. The maximum atomic E-state index is 13.2. The van der Waals surface area contributed by atoms with E-state index in [9.17, 15) is 27.1 Å². The fourth-order valence-corrected chi connectivity index (χ4v) is 3.90. The number of carboxylic acid groups (broad SMARTS) is 1. The van der Waals surface area contributed by atoms with E-state index in [1.165, 1.54) is 7.11 Å². The highest BCUT2D eigenvalue weighted by molar-refractivity contribution is 7.88. The zero-order valence-electron chi connectivity index (χ0n) is 12.5. The van der Waals surface area contributed by atoms with Gasteiger partial charge in [-0.25, -0.2) is 17.9 Å². The standard InChI is InChI=1S/C13H18F2N2O5S/c1-22-7-6-17-11(12(18)19)8-10(16-23(17,20)21)9-2-4-13(14,15)5-3-9/h8-9H,2-7H2,1H3,(H,18,19). The quantitative estimate of drug-likeness (QED) is 0.807. The van der Waals surface area contributed by atoms with Crippen LogP contribution in [0.5, 0.6) is 0 Å². The van der Waals surface area contributed by atoms with Crippen LogP contribution in [-0.4, -0.2) is 55.7 Å². The smallest absolute Gasteiger partial charge is 0.353 e. The largest absolute Gasteiger partial charge is 0.477 e.